The minimum Gasteiger partial charge on any atom is -0.494 e. The van der Waals surface area contributed by atoms with Crippen molar-refractivity contribution >= 4 is 22.7 Å². The number of hydrogen-bond donors (Lipinski definition) is 3. The van der Waals surface area contributed by atoms with E-state index < -0.39 is 28.6 Å². The first-order valence-corrected chi connectivity index (χ1v) is 15.7. The zero-order valence-corrected chi connectivity index (χ0v) is 26.7. The molecule has 4 N–H and O–H groups in total. The number of ether oxygens (including phenoxy) is 4. The molecule has 12 nitrogen and oxygen atoms in total. The Hall–Kier alpha value is -5.69. The number of carbonyl (C=O) groups is 2. The quantitative estimate of drug-likeness (QED) is 0.211. The SMILES string of the molecule is COc1cc(C(=O)NC[C@@](O)(c2ccccc2)c2cc3c(c(-c4cccc5c4OCO5)n2)OC[C@]3(C)C(N)=O)cc2cn(C3(F)CC3)nc12. The van der Waals surface area contributed by atoms with Gasteiger partial charge in [-0.15, -0.1) is 0 Å². The first-order valence-electron chi connectivity index (χ1n) is 15.7. The summed E-state index contributed by atoms with van der Waals surface area (Å²) < 4.78 is 39.1. The van der Waals surface area contributed by atoms with E-state index in [2.05, 4.69) is 10.4 Å². The van der Waals surface area contributed by atoms with Crippen LogP contribution in [-0.2, 0) is 21.6 Å². The number of rotatable bonds is 9. The number of hydrogen-bond acceptors (Lipinski definition) is 9. The predicted molar refractivity (Wildman–Crippen MR) is 174 cm³/mol. The number of pyridine rings is 1. The van der Waals surface area contributed by atoms with Crippen LogP contribution in [0, 0.1) is 0 Å². The lowest BCUT2D eigenvalue weighted by molar-refractivity contribution is -0.123. The second-order valence-corrected chi connectivity index (χ2v) is 12.8. The number of para-hydroxylation sites is 1. The Morgan fingerprint density at radius 2 is 1.88 bits per heavy atom. The molecule has 0 bridgehead atoms. The van der Waals surface area contributed by atoms with Crippen molar-refractivity contribution in [3.8, 4) is 34.3 Å². The minimum absolute atomic E-state index is 0.0140. The Morgan fingerprint density at radius 3 is 2.61 bits per heavy atom. The number of nitrogens with two attached hydrogens (primary N) is 1. The van der Waals surface area contributed by atoms with Crippen molar-refractivity contribution in [2.24, 2.45) is 5.73 Å². The zero-order chi connectivity index (χ0) is 34.1. The van der Waals surface area contributed by atoms with Gasteiger partial charge in [-0.2, -0.15) is 5.10 Å². The summed E-state index contributed by atoms with van der Waals surface area (Å²) in [5.41, 5.74) is 5.25. The maximum atomic E-state index is 14.8. The molecular formula is C36H32FN5O7. The van der Waals surface area contributed by atoms with Crippen LogP contribution >= 0.6 is 0 Å². The number of methoxy groups -OCH3 is 1. The second-order valence-electron chi connectivity index (χ2n) is 12.8. The fraction of sp³-hybridized carbons (Fsp3) is 0.278. The van der Waals surface area contributed by atoms with E-state index >= 15 is 0 Å². The number of primary amides is 1. The molecule has 250 valence electrons. The van der Waals surface area contributed by atoms with Gasteiger partial charge in [-0.25, -0.2) is 14.1 Å². The number of nitrogens with zero attached hydrogens (tertiary/aromatic N) is 3. The van der Waals surface area contributed by atoms with Gasteiger partial charge >= 0.3 is 0 Å². The van der Waals surface area contributed by atoms with Crippen LogP contribution in [0.1, 0.15) is 46.9 Å². The molecule has 2 aliphatic heterocycles. The standard InChI is InChI=1S/C36H32FN5O7/c1-34(33(38)44)18-47-31-24(34)15-27(40-29(31)23-9-6-10-25-30(23)49-19-48-25)36(45,22-7-4-3-5-8-22)17-39-32(43)20-13-21-16-42(35(37)11-12-35)41-28(21)26(14-20)46-2/h3-10,13-16,45H,11-12,17-19H2,1-2H3,(H2,38,44)(H,39,43)/t34-,36+/m0/s1. The highest BCUT2D eigenvalue weighted by molar-refractivity contribution is 6.00. The fourth-order valence-electron chi connectivity index (χ4n) is 6.39. The van der Waals surface area contributed by atoms with Gasteiger partial charge in [0.2, 0.25) is 18.5 Å². The maximum Gasteiger partial charge on any atom is 0.251 e. The van der Waals surface area contributed by atoms with E-state index in [0.29, 0.717) is 69.1 Å². The summed E-state index contributed by atoms with van der Waals surface area (Å²) >= 11 is 0. The average molecular weight is 666 g/mol. The molecule has 0 radical (unpaired) electrons. The molecule has 0 spiro atoms. The molecule has 3 aliphatic rings. The van der Waals surface area contributed by atoms with E-state index in [-0.39, 0.29) is 31.2 Å². The molecule has 2 aromatic heterocycles. The van der Waals surface area contributed by atoms with E-state index in [4.69, 9.17) is 29.7 Å². The third-order valence-corrected chi connectivity index (χ3v) is 9.58. The van der Waals surface area contributed by atoms with E-state index in [9.17, 15) is 19.1 Å². The van der Waals surface area contributed by atoms with Gasteiger partial charge in [-0.05, 0) is 42.8 Å². The molecule has 0 unspecified atom stereocenters. The summed E-state index contributed by atoms with van der Waals surface area (Å²) in [6.07, 6.45) is 2.29. The number of nitrogens with one attached hydrogen (secondary N) is 1. The largest absolute Gasteiger partial charge is 0.494 e. The lowest BCUT2D eigenvalue weighted by Crippen LogP contribution is -2.43. The Morgan fingerprint density at radius 1 is 1.08 bits per heavy atom. The molecule has 1 saturated carbocycles. The summed E-state index contributed by atoms with van der Waals surface area (Å²) in [6.45, 7) is 1.33. The molecular weight excluding hydrogens is 633 g/mol. The van der Waals surface area contributed by atoms with Gasteiger partial charge in [-0.3, -0.25) is 9.59 Å². The highest BCUT2D eigenvalue weighted by Crippen LogP contribution is 2.50. The number of fused-ring (bicyclic) bond motifs is 3. The topological polar surface area (TPSA) is 160 Å². The Labute approximate surface area is 279 Å². The molecule has 3 aromatic carbocycles. The van der Waals surface area contributed by atoms with E-state index in [1.165, 1.54) is 17.9 Å². The van der Waals surface area contributed by atoms with Gasteiger partial charge in [0.25, 0.3) is 5.91 Å². The van der Waals surface area contributed by atoms with E-state index in [0.717, 1.165) is 0 Å². The molecule has 5 aromatic rings. The summed E-state index contributed by atoms with van der Waals surface area (Å²) in [4.78, 5) is 31.6. The monoisotopic (exact) mass is 665 g/mol. The number of carbonyl (C=O) groups excluding carboxylic acids is 2. The van der Waals surface area contributed by atoms with Crippen molar-refractivity contribution in [1.82, 2.24) is 20.1 Å². The van der Waals surface area contributed by atoms with Crippen molar-refractivity contribution in [3.05, 3.63) is 95.3 Å². The predicted octanol–water partition coefficient (Wildman–Crippen LogP) is 4.05. The molecule has 0 saturated heterocycles. The van der Waals surface area contributed by atoms with Crippen molar-refractivity contribution in [3.63, 3.8) is 0 Å². The van der Waals surface area contributed by atoms with Gasteiger partial charge in [0.15, 0.2) is 11.5 Å². The van der Waals surface area contributed by atoms with Crippen LogP contribution in [-0.4, -0.2) is 58.7 Å². The lowest BCUT2D eigenvalue weighted by atomic mass is 9.80. The molecule has 1 aliphatic carbocycles. The summed E-state index contributed by atoms with van der Waals surface area (Å²) in [6, 6.07) is 18.8. The highest BCUT2D eigenvalue weighted by Gasteiger charge is 2.47. The molecule has 2 amide bonds. The number of aromatic nitrogens is 3. The molecule has 8 rings (SSSR count). The van der Waals surface area contributed by atoms with Gasteiger partial charge in [-0.1, -0.05) is 36.4 Å². The smallest absolute Gasteiger partial charge is 0.251 e. The summed E-state index contributed by atoms with van der Waals surface area (Å²) in [7, 11) is 1.45. The first-order chi connectivity index (χ1) is 23.5. The van der Waals surface area contributed by atoms with Gasteiger partial charge < -0.3 is 35.1 Å². The maximum absolute atomic E-state index is 14.8. The van der Waals surface area contributed by atoms with Gasteiger partial charge in [0.1, 0.15) is 40.3 Å². The van der Waals surface area contributed by atoms with Crippen molar-refractivity contribution in [2.45, 2.75) is 36.6 Å². The lowest BCUT2D eigenvalue weighted by Gasteiger charge is -2.30. The van der Waals surface area contributed by atoms with E-state index in [1.54, 1.807) is 73.8 Å². The molecule has 13 heteroatoms. The van der Waals surface area contributed by atoms with Crippen molar-refractivity contribution in [2.75, 3.05) is 27.1 Å². The Balaban J connectivity index is 1.22. The highest BCUT2D eigenvalue weighted by atomic mass is 19.1. The van der Waals surface area contributed by atoms with E-state index in [1.807, 2.05) is 0 Å². The Kier molecular flexibility index (Phi) is 6.83. The minimum atomic E-state index is -1.91. The van der Waals surface area contributed by atoms with Gasteiger partial charge in [0.05, 0.1) is 24.9 Å². The second kappa shape index (κ2) is 10.9. The normalized spacial score (nSPS) is 19.5. The number of amides is 2. The summed E-state index contributed by atoms with van der Waals surface area (Å²) in [5, 5.41) is 20.4. The van der Waals surface area contributed by atoms with Crippen molar-refractivity contribution < 1.29 is 38.0 Å². The first kappa shape index (κ1) is 30.6. The zero-order valence-electron chi connectivity index (χ0n) is 26.7. The molecule has 1 fully saturated rings. The van der Waals surface area contributed by atoms with Crippen LogP contribution in [0.2, 0.25) is 0 Å². The molecule has 49 heavy (non-hydrogen) atoms. The number of halogens is 1. The van der Waals surface area contributed by atoms with Gasteiger partial charge in [0, 0.05) is 35.6 Å². The molecule has 4 heterocycles. The Bertz CT molecular complexity index is 2170. The average Bonchev–Trinajstić information content (AvgIpc) is 3.45. The third-order valence-electron chi connectivity index (χ3n) is 9.58. The third kappa shape index (κ3) is 4.83. The number of alkyl halides is 1. The number of benzene rings is 3. The van der Waals surface area contributed by atoms with Crippen LogP contribution in [0.25, 0.3) is 22.2 Å². The van der Waals surface area contributed by atoms with Crippen LogP contribution in [0.3, 0.4) is 0 Å². The van der Waals surface area contributed by atoms with Crippen LogP contribution < -0.4 is 30.0 Å². The van der Waals surface area contributed by atoms with Crippen LogP contribution in [0.15, 0.2) is 72.9 Å². The van der Waals surface area contributed by atoms with Crippen LogP contribution in [0.5, 0.6) is 23.0 Å². The fourth-order valence-corrected chi connectivity index (χ4v) is 6.39. The van der Waals surface area contributed by atoms with Crippen molar-refractivity contribution in [1.29, 1.82) is 0 Å². The van der Waals surface area contributed by atoms with Crippen LogP contribution in [0.4, 0.5) is 4.39 Å². The number of aliphatic hydroxyl groups is 1. The summed E-state index contributed by atoms with van der Waals surface area (Å²) in [5.74, 6) is -1.09. The molecule has 2 atom stereocenters.